The number of nitrogens with zero attached hydrogens (tertiary/aromatic N) is 2. The maximum Gasteiger partial charge on any atom is 0.0681 e. The van der Waals surface area contributed by atoms with Crippen molar-refractivity contribution in [3.05, 3.63) is 35.7 Å². The van der Waals surface area contributed by atoms with E-state index in [1.807, 2.05) is 13.0 Å². The molecule has 1 aromatic heterocycles. The van der Waals surface area contributed by atoms with E-state index in [0.29, 0.717) is 6.54 Å². The zero-order valence-electron chi connectivity index (χ0n) is 8.20. The lowest BCUT2D eigenvalue weighted by atomic mass is 10.0. The standard InChI is InChI=1S/C11H13N3/c1-8-11-9(5-6-12)3-2-4-10(11)7-13-14-8/h2-4,7H,5-6,12H2,1H3. The van der Waals surface area contributed by atoms with Gasteiger partial charge < -0.3 is 5.73 Å². The van der Waals surface area contributed by atoms with Gasteiger partial charge in [-0.3, -0.25) is 0 Å². The van der Waals surface area contributed by atoms with Gasteiger partial charge in [-0.05, 0) is 25.5 Å². The maximum absolute atomic E-state index is 5.57. The monoisotopic (exact) mass is 187 g/mol. The van der Waals surface area contributed by atoms with Crippen LogP contribution in [0, 0.1) is 6.92 Å². The Labute approximate surface area is 83.0 Å². The molecule has 0 aliphatic rings. The smallest absolute Gasteiger partial charge is 0.0681 e. The lowest BCUT2D eigenvalue weighted by Gasteiger charge is -2.06. The van der Waals surface area contributed by atoms with Crippen molar-refractivity contribution in [1.29, 1.82) is 0 Å². The predicted octanol–water partition coefficient (Wildman–Crippen LogP) is 1.44. The third-order valence-electron chi connectivity index (χ3n) is 2.36. The molecular weight excluding hydrogens is 174 g/mol. The van der Waals surface area contributed by atoms with E-state index >= 15 is 0 Å². The molecule has 1 aromatic carbocycles. The van der Waals surface area contributed by atoms with E-state index in [2.05, 4.69) is 22.3 Å². The molecule has 0 bridgehead atoms. The fourth-order valence-electron chi connectivity index (χ4n) is 1.76. The third kappa shape index (κ3) is 1.46. The molecule has 0 saturated heterocycles. The van der Waals surface area contributed by atoms with Gasteiger partial charge in [-0.25, -0.2) is 0 Å². The van der Waals surface area contributed by atoms with Crippen molar-refractivity contribution < 1.29 is 0 Å². The molecule has 3 nitrogen and oxygen atoms in total. The van der Waals surface area contributed by atoms with Crippen LogP contribution in [0.5, 0.6) is 0 Å². The summed E-state index contributed by atoms with van der Waals surface area (Å²) in [6.45, 7) is 2.65. The molecule has 0 fully saturated rings. The van der Waals surface area contributed by atoms with Gasteiger partial charge in [-0.2, -0.15) is 10.2 Å². The number of aryl methyl sites for hydroxylation is 1. The van der Waals surface area contributed by atoms with Crippen LogP contribution in [0.1, 0.15) is 11.3 Å². The topological polar surface area (TPSA) is 51.8 Å². The molecule has 0 aliphatic carbocycles. The highest BCUT2D eigenvalue weighted by Gasteiger charge is 2.03. The summed E-state index contributed by atoms with van der Waals surface area (Å²) in [7, 11) is 0. The molecule has 0 amide bonds. The van der Waals surface area contributed by atoms with Crippen molar-refractivity contribution in [2.45, 2.75) is 13.3 Å². The molecule has 1 heterocycles. The lowest BCUT2D eigenvalue weighted by Crippen LogP contribution is -2.04. The molecule has 14 heavy (non-hydrogen) atoms. The summed E-state index contributed by atoms with van der Waals surface area (Å²) in [6, 6.07) is 6.19. The van der Waals surface area contributed by atoms with Crippen LogP contribution in [0.3, 0.4) is 0 Å². The van der Waals surface area contributed by atoms with Crippen molar-refractivity contribution in [3.63, 3.8) is 0 Å². The van der Waals surface area contributed by atoms with Crippen molar-refractivity contribution in [2.75, 3.05) is 6.54 Å². The molecule has 0 saturated carbocycles. The van der Waals surface area contributed by atoms with Gasteiger partial charge >= 0.3 is 0 Å². The SMILES string of the molecule is Cc1nncc2cccc(CCN)c12. The van der Waals surface area contributed by atoms with Crippen molar-refractivity contribution >= 4 is 10.8 Å². The summed E-state index contributed by atoms with van der Waals surface area (Å²) in [5.41, 5.74) is 7.81. The lowest BCUT2D eigenvalue weighted by molar-refractivity contribution is 0.962. The Morgan fingerprint density at radius 3 is 3.00 bits per heavy atom. The number of nitrogens with two attached hydrogens (primary N) is 1. The number of aromatic nitrogens is 2. The van der Waals surface area contributed by atoms with Crippen molar-refractivity contribution in [2.24, 2.45) is 5.73 Å². The van der Waals surface area contributed by atoms with Crippen LogP contribution in [0.2, 0.25) is 0 Å². The average Bonchev–Trinajstić information content (AvgIpc) is 2.19. The number of hydrogen-bond acceptors (Lipinski definition) is 3. The van der Waals surface area contributed by atoms with Gasteiger partial charge in [0.25, 0.3) is 0 Å². The summed E-state index contributed by atoms with van der Waals surface area (Å²) in [5, 5.41) is 10.3. The average molecular weight is 187 g/mol. The minimum Gasteiger partial charge on any atom is -0.330 e. The van der Waals surface area contributed by atoms with Gasteiger partial charge in [0.2, 0.25) is 0 Å². The minimum absolute atomic E-state index is 0.668. The molecule has 2 N–H and O–H groups in total. The number of hydrogen-bond donors (Lipinski definition) is 1. The number of benzene rings is 1. The summed E-state index contributed by atoms with van der Waals surface area (Å²) in [4.78, 5) is 0. The fourth-order valence-corrected chi connectivity index (χ4v) is 1.76. The first-order chi connectivity index (χ1) is 6.83. The Morgan fingerprint density at radius 2 is 2.21 bits per heavy atom. The van der Waals surface area contributed by atoms with Gasteiger partial charge in [0.15, 0.2) is 0 Å². The highest BCUT2D eigenvalue weighted by molar-refractivity contribution is 5.86. The molecular formula is C11H13N3. The van der Waals surface area contributed by atoms with E-state index in [-0.39, 0.29) is 0 Å². The molecule has 2 rings (SSSR count). The first-order valence-corrected chi connectivity index (χ1v) is 4.73. The zero-order chi connectivity index (χ0) is 9.97. The second kappa shape index (κ2) is 3.72. The van der Waals surface area contributed by atoms with E-state index in [1.165, 1.54) is 10.9 Å². The normalized spacial score (nSPS) is 10.7. The van der Waals surface area contributed by atoms with Crippen molar-refractivity contribution in [3.8, 4) is 0 Å². The van der Waals surface area contributed by atoms with Crippen LogP contribution in [0.15, 0.2) is 24.4 Å². The molecule has 0 radical (unpaired) electrons. The van der Waals surface area contributed by atoms with Crippen LogP contribution in [-0.4, -0.2) is 16.7 Å². The molecule has 2 aromatic rings. The van der Waals surface area contributed by atoms with E-state index in [4.69, 9.17) is 5.73 Å². The number of rotatable bonds is 2. The zero-order valence-corrected chi connectivity index (χ0v) is 8.20. The summed E-state index contributed by atoms with van der Waals surface area (Å²) < 4.78 is 0. The number of fused-ring (bicyclic) bond motifs is 1. The third-order valence-corrected chi connectivity index (χ3v) is 2.36. The summed E-state index contributed by atoms with van der Waals surface area (Å²) in [6.07, 6.45) is 2.69. The highest BCUT2D eigenvalue weighted by Crippen LogP contribution is 2.20. The summed E-state index contributed by atoms with van der Waals surface area (Å²) >= 11 is 0. The molecule has 0 spiro atoms. The minimum atomic E-state index is 0.668. The van der Waals surface area contributed by atoms with Gasteiger partial charge in [-0.15, -0.1) is 0 Å². The molecule has 0 aliphatic heterocycles. The first-order valence-electron chi connectivity index (χ1n) is 4.73. The summed E-state index contributed by atoms with van der Waals surface area (Å²) in [5.74, 6) is 0. The molecule has 72 valence electrons. The highest BCUT2D eigenvalue weighted by atomic mass is 15.1. The van der Waals surface area contributed by atoms with E-state index < -0.39 is 0 Å². The van der Waals surface area contributed by atoms with Gasteiger partial charge in [0.1, 0.15) is 0 Å². The van der Waals surface area contributed by atoms with Gasteiger partial charge in [0.05, 0.1) is 11.9 Å². The molecule has 0 unspecified atom stereocenters. The van der Waals surface area contributed by atoms with Crippen LogP contribution < -0.4 is 5.73 Å². The fraction of sp³-hybridized carbons (Fsp3) is 0.273. The second-order valence-corrected chi connectivity index (χ2v) is 3.35. The molecule has 0 atom stereocenters. The Bertz CT molecular complexity index is 446. The largest absolute Gasteiger partial charge is 0.330 e. The Hall–Kier alpha value is -1.48. The Balaban J connectivity index is 2.71. The van der Waals surface area contributed by atoms with E-state index in [9.17, 15) is 0 Å². The van der Waals surface area contributed by atoms with Crippen LogP contribution >= 0.6 is 0 Å². The van der Waals surface area contributed by atoms with Crippen molar-refractivity contribution in [1.82, 2.24) is 10.2 Å². The van der Waals surface area contributed by atoms with Crippen LogP contribution in [0.4, 0.5) is 0 Å². The van der Waals surface area contributed by atoms with Gasteiger partial charge in [0, 0.05) is 10.8 Å². The maximum atomic E-state index is 5.57. The van der Waals surface area contributed by atoms with Gasteiger partial charge in [-0.1, -0.05) is 18.2 Å². The second-order valence-electron chi connectivity index (χ2n) is 3.35. The van der Waals surface area contributed by atoms with Crippen LogP contribution in [-0.2, 0) is 6.42 Å². The predicted molar refractivity (Wildman–Crippen MR) is 57.0 cm³/mol. The quantitative estimate of drug-likeness (QED) is 0.774. The van der Waals surface area contributed by atoms with E-state index in [0.717, 1.165) is 17.5 Å². The van der Waals surface area contributed by atoms with E-state index in [1.54, 1.807) is 6.20 Å². The first kappa shape index (κ1) is 9.09. The Morgan fingerprint density at radius 1 is 1.36 bits per heavy atom. The van der Waals surface area contributed by atoms with Crippen LogP contribution in [0.25, 0.3) is 10.8 Å². The Kier molecular flexibility index (Phi) is 2.41. The molecule has 3 heteroatoms.